The normalized spacial score (nSPS) is 23.0. The Labute approximate surface area is 142 Å². The molecule has 126 valence electrons. The van der Waals surface area contributed by atoms with Gasteiger partial charge in [-0.25, -0.2) is 0 Å². The lowest BCUT2D eigenvalue weighted by atomic mass is 9.77. The van der Waals surface area contributed by atoms with Crippen LogP contribution in [-0.2, 0) is 12.8 Å². The number of hydrogen-bond acceptors (Lipinski definition) is 4. The maximum absolute atomic E-state index is 9.91. The van der Waals surface area contributed by atoms with Gasteiger partial charge in [-0.2, -0.15) is 0 Å². The van der Waals surface area contributed by atoms with Gasteiger partial charge >= 0.3 is 0 Å². The lowest BCUT2D eigenvalue weighted by molar-refractivity contribution is 0.323. The van der Waals surface area contributed by atoms with Gasteiger partial charge in [0.1, 0.15) is 5.75 Å². The van der Waals surface area contributed by atoms with Gasteiger partial charge in [-0.1, -0.05) is 18.2 Å². The number of rotatable bonds is 3. The van der Waals surface area contributed by atoms with Gasteiger partial charge < -0.3 is 20.2 Å². The second-order valence-corrected chi connectivity index (χ2v) is 7.08. The van der Waals surface area contributed by atoms with Gasteiger partial charge in [0.25, 0.3) is 0 Å². The number of nitrogens with zero attached hydrogens (tertiary/aromatic N) is 1. The molecule has 4 nitrogen and oxygen atoms in total. The zero-order chi connectivity index (χ0) is 16.7. The number of para-hydroxylation sites is 1. The summed E-state index contributed by atoms with van der Waals surface area (Å²) in [4.78, 5) is 2.46. The molecule has 1 fully saturated rings. The molecule has 0 bridgehead atoms. The summed E-state index contributed by atoms with van der Waals surface area (Å²) >= 11 is 0. The maximum Gasteiger partial charge on any atom is 0.157 e. The Hall–Kier alpha value is -2.20. The van der Waals surface area contributed by atoms with Crippen molar-refractivity contribution in [2.24, 2.45) is 5.92 Å². The first-order valence-electron chi connectivity index (χ1n) is 8.66. The molecular weight excluding hydrogens is 302 g/mol. The van der Waals surface area contributed by atoms with Gasteiger partial charge in [0.15, 0.2) is 11.5 Å². The standard InChI is InChI=1S/C20H23NO3/c22-18-4-2-1-3-13(18)7-8-21-11-15-6-5-14-9-19(23)20(24)10-16(14)17(15)12-21/h1-4,9-10,15,17,22-24H,5-8,11-12H2. The number of aromatic hydroxyl groups is 3. The van der Waals surface area contributed by atoms with Crippen molar-refractivity contribution in [1.29, 1.82) is 0 Å². The number of hydrogen-bond donors (Lipinski definition) is 3. The van der Waals surface area contributed by atoms with E-state index in [1.54, 1.807) is 18.2 Å². The molecule has 1 aliphatic heterocycles. The van der Waals surface area contributed by atoms with Crippen LogP contribution in [0.3, 0.4) is 0 Å². The third kappa shape index (κ3) is 2.71. The molecule has 0 spiro atoms. The Kier molecular flexibility index (Phi) is 3.85. The Balaban J connectivity index is 1.47. The summed E-state index contributed by atoms with van der Waals surface area (Å²) in [6.45, 7) is 2.98. The molecule has 3 N–H and O–H groups in total. The predicted octanol–water partition coefficient (Wildman–Crippen LogP) is 3.01. The molecule has 2 aromatic rings. The topological polar surface area (TPSA) is 63.9 Å². The van der Waals surface area contributed by atoms with Gasteiger partial charge in [-0.3, -0.25) is 0 Å². The second kappa shape index (κ2) is 6.02. The molecule has 2 atom stereocenters. The number of likely N-dealkylation sites (tertiary alicyclic amines) is 1. The summed E-state index contributed by atoms with van der Waals surface area (Å²) in [5.41, 5.74) is 3.37. The molecule has 24 heavy (non-hydrogen) atoms. The highest BCUT2D eigenvalue weighted by molar-refractivity contribution is 5.48. The molecule has 2 aliphatic rings. The average Bonchev–Trinajstić information content (AvgIpc) is 2.99. The Morgan fingerprint density at radius 2 is 1.75 bits per heavy atom. The van der Waals surface area contributed by atoms with Gasteiger partial charge in [0.05, 0.1) is 0 Å². The van der Waals surface area contributed by atoms with Crippen LogP contribution in [0.2, 0.25) is 0 Å². The summed E-state index contributed by atoms with van der Waals surface area (Å²) in [5.74, 6) is 1.40. The van der Waals surface area contributed by atoms with Crippen LogP contribution < -0.4 is 0 Å². The number of fused-ring (bicyclic) bond motifs is 3. The maximum atomic E-state index is 9.91. The van der Waals surface area contributed by atoms with E-state index in [9.17, 15) is 15.3 Å². The van der Waals surface area contributed by atoms with Crippen molar-refractivity contribution in [2.75, 3.05) is 19.6 Å². The van der Waals surface area contributed by atoms with E-state index in [-0.39, 0.29) is 11.5 Å². The quantitative estimate of drug-likeness (QED) is 0.759. The van der Waals surface area contributed by atoms with Crippen LogP contribution in [0.15, 0.2) is 36.4 Å². The molecule has 0 saturated carbocycles. The minimum atomic E-state index is -0.0124. The second-order valence-electron chi connectivity index (χ2n) is 7.08. The molecule has 2 unspecified atom stereocenters. The van der Waals surface area contributed by atoms with E-state index >= 15 is 0 Å². The first-order chi connectivity index (χ1) is 11.6. The van der Waals surface area contributed by atoms with E-state index in [0.717, 1.165) is 44.5 Å². The fourth-order valence-electron chi connectivity index (χ4n) is 4.33. The monoisotopic (exact) mass is 325 g/mol. The van der Waals surface area contributed by atoms with Crippen LogP contribution in [0, 0.1) is 5.92 Å². The number of benzene rings is 2. The Morgan fingerprint density at radius 1 is 0.958 bits per heavy atom. The lowest BCUT2D eigenvalue weighted by Crippen LogP contribution is -2.23. The Bertz CT molecular complexity index is 759. The first-order valence-corrected chi connectivity index (χ1v) is 8.66. The predicted molar refractivity (Wildman–Crippen MR) is 92.6 cm³/mol. The van der Waals surface area contributed by atoms with Crippen LogP contribution in [0.1, 0.15) is 29.0 Å². The van der Waals surface area contributed by atoms with Crippen molar-refractivity contribution >= 4 is 0 Å². The first kappa shape index (κ1) is 15.3. The Morgan fingerprint density at radius 3 is 2.58 bits per heavy atom. The molecule has 0 radical (unpaired) electrons. The summed E-state index contributed by atoms with van der Waals surface area (Å²) in [5, 5.41) is 29.5. The fourth-order valence-corrected chi connectivity index (χ4v) is 4.33. The van der Waals surface area contributed by atoms with E-state index in [1.807, 2.05) is 18.2 Å². The highest BCUT2D eigenvalue weighted by Crippen LogP contribution is 2.44. The molecule has 1 heterocycles. The average molecular weight is 325 g/mol. The summed E-state index contributed by atoms with van der Waals surface area (Å²) in [6.07, 6.45) is 2.95. The minimum Gasteiger partial charge on any atom is -0.508 e. The molecule has 1 saturated heterocycles. The largest absolute Gasteiger partial charge is 0.508 e. The van der Waals surface area contributed by atoms with E-state index in [0.29, 0.717) is 17.6 Å². The summed E-state index contributed by atoms with van der Waals surface area (Å²) in [6, 6.07) is 11.0. The summed E-state index contributed by atoms with van der Waals surface area (Å²) < 4.78 is 0. The highest BCUT2D eigenvalue weighted by Gasteiger charge is 2.37. The van der Waals surface area contributed by atoms with Crippen molar-refractivity contribution in [3.63, 3.8) is 0 Å². The zero-order valence-corrected chi connectivity index (χ0v) is 13.7. The smallest absolute Gasteiger partial charge is 0.157 e. The summed E-state index contributed by atoms with van der Waals surface area (Å²) in [7, 11) is 0. The van der Waals surface area contributed by atoms with Crippen LogP contribution >= 0.6 is 0 Å². The SMILES string of the molecule is Oc1cc2c(cc1O)C1CN(CCc3ccccc3O)CC1CC2. The van der Waals surface area contributed by atoms with Gasteiger partial charge in [0, 0.05) is 25.6 Å². The van der Waals surface area contributed by atoms with E-state index in [2.05, 4.69) is 4.90 Å². The molecule has 4 rings (SSSR count). The third-order valence-electron chi connectivity index (χ3n) is 5.63. The molecule has 4 heteroatoms. The van der Waals surface area contributed by atoms with Crippen molar-refractivity contribution in [2.45, 2.75) is 25.2 Å². The number of aryl methyl sites for hydroxylation is 1. The van der Waals surface area contributed by atoms with Crippen molar-refractivity contribution in [3.05, 3.63) is 53.1 Å². The molecule has 0 aromatic heterocycles. The van der Waals surface area contributed by atoms with E-state index in [1.165, 1.54) is 11.1 Å². The van der Waals surface area contributed by atoms with Crippen molar-refractivity contribution in [3.8, 4) is 17.2 Å². The fraction of sp³-hybridized carbons (Fsp3) is 0.400. The number of phenols is 3. The molecule has 2 aromatic carbocycles. The van der Waals surface area contributed by atoms with E-state index < -0.39 is 0 Å². The van der Waals surface area contributed by atoms with Gasteiger partial charge in [0.2, 0.25) is 0 Å². The molecule has 0 amide bonds. The lowest BCUT2D eigenvalue weighted by Gasteiger charge is -2.27. The molecular formula is C20H23NO3. The number of phenolic OH excluding ortho intramolecular Hbond substituents is 3. The van der Waals surface area contributed by atoms with Crippen LogP contribution in [0.5, 0.6) is 17.2 Å². The van der Waals surface area contributed by atoms with Crippen LogP contribution in [0.25, 0.3) is 0 Å². The zero-order valence-electron chi connectivity index (χ0n) is 13.7. The minimum absolute atomic E-state index is 0.0120. The van der Waals surface area contributed by atoms with E-state index in [4.69, 9.17) is 0 Å². The van der Waals surface area contributed by atoms with Gasteiger partial charge in [-0.15, -0.1) is 0 Å². The van der Waals surface area contributed by atoms with Crippen molar-refractivity contribution < 1.29 is 15.3 Å². The molecule has 1 aliphatic carbocycles. The van der Waals surface area contributed by atoms with Crippen LogP contribution in [0.4, 0.5) is 0 Å². The highest BCUT2D eigenvalue weighted by atomic mass is 16.3. The van der Waals surface area contributed by atoms with Crippen molar-refractivity contribution in [1.82, 2.24) is 4.90 Å². The van der Waals surface area contributed by atoms with Gasteiger partial charge in [-0.05, 0) is 60.1 Å². The third-order valence-corrected chi connectivity index (χ3v) is 5.63. The van der Waals surface area contributed by atoms with Crippen LogP contribution in [-0.4, -0.2) is 39.9 Å².